The summed E-state index contributed by atoms with van der Waals surface area (Å²) < 4.78 is 1.10. The highest BCUT2D eigenvalue weighted by molar-refractivity contribution is 7.19. The van der Waals surface area contributed by atoms with Crippen LogP contribution in [0.2, 0.25) is 0 Å². The first kappa shape index (κ1) is 14.8. The van der Waals surface area contributed by atoms with E-state index in [0.717, 1.165) is 20.7 Å². The second kappa shape index (κ2) is 6.05. The predicted octanol–water partition coefficient (Wildman–Crippen LogP) is 3.11. The van der Waals surface area contributed by atoms with Crippen molar-refractivity contribution in [3.8, 4) is 0 Å². The van der Waals surface area contributed by atoms with Gasteiger partial charge in [0.1, 0.15) is 0 Å². The fourth-order valence-electron chi connectivity index (χ4n) is 2.87. The fraction of sp³-hybridized carbons (Fsp3) is 0.167. The van der Waals surface area contributed by atoms with Crippen LogP contribution in [0.15, 0.2) is 42.6 Å². The summed E-state index contributed by atoms with van der Waals surface area (Å²) in [7, 11) is 0. The lowest BCUT2D eigenvalue weighted by Crippen LogP contribution is -2.27. The van der Waals surface area contributed by atoms with Gasteiger partial charge in [0.25, 0.3) is 5.91 Å². The zero-order chi connectivity index (χ0) is 16.5. The third-order valence-electron chi connectivity index (χ3n) is 4.04. The van der Waals surface area contributed by atoms with Crippen molar-refractivity contribution in [2.75, 3.05) is 5.32 Å². The van der Waals surface area contributed by atoms with Crippen LogP contribution in [-0.2, 0) is 17.8 Å². The normalized spacial score (nSPS) is 13.4. The standard InChI is InChI=1S/C18H15N3O2S/c22-16-7-6-11-3-1-4-13(17(11)21-16)18(23)20-10-12-9-14-15(24-12)5-2-8-19-14/h1-5,8-9H,6-7,10H2,(H,20,23)(H,21,22). The van der Waals surface area contributed by atoms with Crippen LogP contribution in [0, 0.1) is 0 Å². The number of aromatic nitrogens is 1. The zero-order valence-electron chi connectivity index (χ0n) is 12.8. The summed E-state index contributed by atoms with van der Waals surface area (Å²) in [5.41, 5.74) is 3.11. The molecule has 0 atom stereocenters. The first-order valence-corrected chi connectivity index (χ1v) is 8.56. The lowest BCUT2D eigenvalue weighted by molar-refractivity contribution is -0.116. The monoisotopic (exact) mass is 337 g/mol. The molecule has 0 spiro atoms. The fourth-order valence-corrected chi connectivity index (χ4v) is 3.83. The molecule has 0 fully saturated rings. The smallest absolute Gasteiger partial charge is 0.253 e. The Morgan fingerprint density at radius 1 is 1.25 bits per heavy atom. The molecule has 1 aromatic carbocycles. The molecule has 0 unspecified atom stereocenters. The SMILES string of the molecule is O=C1CCc2cccc(C(=O)NCc3cc4ncccc4s3)c2N1. The van der Waals surface area contributed by atoms with Crippen molar-refractivity contribution < 1.29 is 9.59 Å². The van der Waals surface area contributed by atoms with Crippen molar-refractivity contribution in [2.45, 2.75) is 19.4 Å². The number of benzene rings is 1. The van der Waals surface area contributed by atoms with Crippen molar-refractivity contribution >= 4 is 39.1 Å². The quantitative estimate of drug-likeness (QED) is 0.771. The highest BCUT2D eigenvalue weighted by atomic mass is 32.1. The molecule has 0 bridgehead atoms. The highest BCUT2D eigenvalue weighted by Crippen LogP contribution is 2.27. The van der Waals surface area contributed by atoms with E-state index >= 15 is 0 Å². The Morgan fingerprint density at radius 2 is 2.17 bits per heavy atom. The van der Waals surface area contributed by atoms with E-state index in [1.165, 1.54) is 0 Å². The van der Waals surface area contributed by atoms with Gasteiger partial charge in [0.2, 0.25) is 5.91 Å². The van der Waals surface area contributed by atoms with E-state index in [1.54, 1.807) is 23.6 Å². The maximum absolute atomic E-state index is 12.5. The number of para-hydroxylation sites is 1. The third kappa shape index (κ3) is 2.76. The average molecular weight is 337 g/mol. The van der Waals surface area contributed by atoms with Crippen LogP contribution < -0.4 is 10.6 Å². The number of pyridine rings is 1. The van der Waals surface area contributed by atoms with Crippen LogP contribution in [0.25, 0.3) is 10.2 Å². The van der Waals surface area contributed by atoms with Gasteiger partial charge in [-0.05, 0) is 36.2 Å². The summed E-state index contributed by atoms with van der Waals surface area (Å²) in [6, 6.07) is 11.5. The lowest BCUT2D eigenvalue weighted by atomic mass is 9.98. The zero-order valence-corrected chi connectivity index (χ0v) is 13.7. The van der Waals surface area contributed by atoms with Gasteiger partial charge >= 0.3 is 0 Å². The second-order valence-corrected chi connectivity index (χ2v) is 6.84. The van der Waals surface area contributed by atoms with Gasteiger partial charge in [0.15, 0.2) is 0 Å². The number of carbonyl (C=O) groups is 2. The molecule has 3 heterocycles. The summed E-state index contributed by atoms with van der Waals surface area (Å²) in [6.45, 7) is 0.442. The number of nitrogens with zero attached hydrogens (tertiary/aromatic N) is 1. The molecule has 0 radical (unpaired) electrons. The van der Waals surface area contributed by atoms with E-state index in [0.29, 0.717) is 30.6 Å². The number of aryl methyl sites for hydroxylation is 1. The summed E-state index contributed by atoms with van der Waals surface area (Å²) in [6.07, 6.45) is 2.90. The van der Waals surface area contributed by atoms with Gasteiger partial charge in [-0.25, -0.2) is 0 Å². The van der Waals surface area contributed by atoms with Crippen LogP contribution in [0.3, 0.4) is 0 Å². The molecule has 2 N–H and O–H groups in total. The highest BCUT2D eigenvalue weighted by Gasteiger charge is 2.21. The number of nitrogens with one attached hydrogen (secondary N) is 2. The molecule has 2 amide bonds. The van der Waals surface area contributed by atoms with Crippen LogP contribution in [0.1, 0.15) is 27.2 Å². The predicted molar refractivity (Wildman–Crippen MR) is 94.2 cm³/mol. The molecule has 3 aromatic rings. The Balaban J connectivity index is 1.53. The Kier molecular flexibility index (Phi) is 3.74. The minimum Gasteiger partial charge on any atom is -0.347 e. The van der Waals surface area contributed by atoms with Crippen LogP contribution in [0.4, 0.5) is 5.69 Å². The molecule has 0 aliphatic carbocycles. The largest absolute Gasteiger partial charge is 0.347 e. The van der Waals surface area contributed by atoms with E-state index in [9.17, 15) is 9.59 Å². The van der Waals surface area contributed by atoms with Gasteiger partial charge < -0.3 is 10.6 Å². The minimum absolute atomic E-state index is 0.0432. The van der Waals surface area contributed by atoms with Crippen molar-refractivity contribution in [3.63, 3.8) is 0 Å². The molecule has 6 heteroatoms. The first-order valence-electron chi connectivity index (χ1n) is 7.74. The Bertz CT molecular complexity index is 915. The van der Waals surface area contributed by atoms with E-state index in [4.69, 9.17) is 0 Å². The molecule has 120 valence electrons. The van der Waals surface area contributed by atoms with E-state index in [-0.39, 0.29) is 11.8 Å². The molecule has 0 saturated heterocycles. The number of carbonyl (C=O) groups excluding carboxylic acids is 2. The van der Waals surface area contributed by atoms with Crippen molar-refractivity contribution in [1.82, 2.24) is 10.3 Å². The topological polar surface area (TPSA) is 71.1 Å². The lowest BCUT2D eigenvalue weighted by Gasteiger charge is -2.19. The maximum atomic E-state index is 12.5. The summed E-state index contributed by atoms with van der Waals surface area (Å²) >= 11 is 1.62. The number of thiophene rings is 1. The van der Waals surface area contributed by atoms with Gasteiger partial charge in [-0.15, -0.1) is 11.3 Å². The summed E-state index contributed by atoms with van der Waals surface area (Å²) in [4.78, 5) is 29.5. The van der Waals surface area contributed by atoms with Gasteiger partial charge in [-0.1, -0.05) is 12.1 Å². The van der Waals surface area contributed by atoms with Gasteiger partial charge in [0, 0.05) is 17.5 Å². The Labute approximate surface area is 142 Å². The summed E-state index contributed by atoms with van der Waals surface area (Å²) in [5.74, 6) is -0.224. The van der Waals surface area contributed by atoms with E-state index in [2.05, 4.69) is 15.6 Å². The molecule has 1 aliphatic rings. The first-order chi connectivity index (χ1) is 11.7. The van der Waals surface area contributed by atoms with Crippen LogP contribution in [0.5, 0.6) is 0 Å². The van der Waals surface area contributed by atoms with Gasteiger partial charge in [-0.3, -0.25) is 14.6 Å². The number of hydrogen-bond acceptors (Lipinski definition) is 4. The molecule has 24 heavy (non-hydrogen) atoms. The third-order valence-corrected chi connectivity index (χ3v) is 5.13. The average Bonchev–Trinajstić information content (AvgIpc) is 3.02. The number of hydrogen-bond donors (Lipinski definition) is 2. The van der Waals surface area contributed by atoms with E-state index < -0.39 is 0 Å². The number of amides is 2. The summed E-state index contributed by atoms with van der Waals surface area (Å²) in [5, 5.41) is 5.76. The van der Waals surface area contributed by atoms with Crippen molar-refractivity contribution in [3.05, 3.63) is 58.6 Å². The molecule has 2 aromatic heterocycles. The number of fused-ring (bicyclic) bond motifs is 2. The molecular weight excluding hydrogens is 322 g/mol. The number of anilines is 1. The molecule has 1 aliphatic heterocycles. The maximum Gasteiger partial charge on any atom is 0.253 e. The molecular formula is C18H15N3O2S. The van der Waals surface area contributed by atoms with Crippen molar-refractivity contribution in [1.29, 1.82) is 0 Å². The second-order valence-electron chi connectivity index (χ2n) is 5.67. The van der Waals surface area contributed by atoms with Gasteiger partial charge in [0.05, 0.1) is 28.0 Å². The van der Waals surface area contributed by atoms with Gasteiger partial charge in [-0.2, -0.15) is 0 Å². The van der Waals surface area contributed by atoms with Crippen molar-refractivity contribution in [2.24, 2.45) is 0 Å². The molecule has 4 rings (SSSR count). The Morgan fingerprint density at radius 3 is 3.04 bits per heavy atom. The molecule has 5 nitrogen and oxygen atoms in total. The Hall–Kier alpha value is -2.73. The van der Waals surface area contributed by atoms with Crippen LogP contribution >= 0.6 is 11.3 Å². The van der Waals surface area contributed by atoms with Crippen LogP contribution in [-0.4, -0.2) is 16.8 Å². The number of rotatable bonds is 3. The minimum atomic E-state index is -0.181. The molecule has 0 saturated carbocycles. The van der Waals surface area contributed by atoms with E-state index in [1.807, 2.05) is 30.3 Å².